The molecule has 1 unspecified atom stereocenters. The quantitative estimate of drug-likeness (QED) is 0.333. The third kappa shape index (κ3) is 4.68. The summed E-state index contributed by atoms with van der Waals surface area (Å²) in [5.41, 5.74) is 0. The van der Waals surface area contributed by atoms with Crippen molar-refractivity contribution < 1.29 is 14.2 Å². The second-order valence-corrected chi connectivity index (χ2v) is 13.8. The Kier molecular flexibility index (Phi) is 7.27. The molecular formula is C22H16N7O3P3. The molecule has 1 atom stereocenters. The molecule has 0 saturated carbocycles. The van der Waals surface area contributed by atoms with Gasteiger partial charge in [-0.15, -0.1) is 0 Å². The van der Waals surface area contributed by atoms with Crippen LogP contribution in [-0.2, 0) is 0 Å². The van der Waals surface area contributed by atoms with Gasteiger partial charge in [-0.05, 0) is 0 Å². The van der Waals surface area contributed by atoms with Crippen molar-refractivity contribution >= 4 is 23.2 Å². The van der Waals surface area contributed by atoms with Gasteiger partial charge in [-0.3, -0.25) is 0 Å². The third-order valence-electron chi connectivity index (χ3n) is 4.56. The molecule has 1 aliphatic heterocycles. The summed E-state index contributed by atoms with van der Waals surface area (Å²) in [4.78, 5) is 12.1. The van der Waals surface area contributed by atoms with Gasteiger partial charge < -0.3 is 0 Å². The standard InChI is InChI=1S/C22H16N7O3P3/c23-16-33-27-34(17-24,18-25)29(31-21-12-6-2-7-13-21)35(19-26,32-22-14-8-3-9-15-22)28(33)30-20-10-4-1-5-11-20/h1-15,35H. The average molecular weight is 519 g/mol. The summed E-state index contributed by atoms with van der Waals surface area (Å²) in [6.45, 7) is 0. The summed E-state index contributed by atoms with van der Waals surface area (Å²) in [7, 11) is -10.6. The zero-order chi connectivity index (χ0) is 24.7. The van der Waals surface area contributed by atoms with Crippen LogP contribution in [0.2, 0.25) is 0 Å². The fourth-order valence-corrected chi connectivity index (χ4v) is 12.1. The minimum absolute atomic E-state index is 0.254. The van der Waals surface area contributed by atoms with E-state index in [4.69, 9.17) is 14.2 Å². The number of rotatable bonds is 6. The molecule has 0 bridgehead atoms. The summed E-state index contributed by atoms with van der Waals surface area (Å²) >= 11 is 0. The van der Waals surface area contributed by atoms with Crippen LogP contribution in [0, 0.1) is 44.3 Å². The van der Waals surface area contributed by atoms with Crippen LogP contribution >= 0.6 is 23.2 Å². The van der Waals surface area contributed by atoms with E-state index in [0.29, 0.717) is 5.75 Å². The summed E-state index contributed by atoms with van der Waals surface area (Å²) in [6, 6.07) is 25.3. The molecule has 0 radical (unpaired) electrons. The molecule has 0 aliphatic carbocycles. The van der Waals surface area contributed by atoms with E-state index in [9.17, 15) is 21.0 Å². The summed E-state index contributed by atoms with van der Waals surface area (Å²) < 4.78 is 12.6. The van der Waals surface area contributed by atoms with Crippen molar-refractivity contribution in [3.63, 3.8) is 0 Å². The van der Waals surface area contributed by atoms with Crippen LogP contribution in [0.1, 0.15) is 0 Å². The molecular weight excluding hydrogens is 503 g/mol. The number of hydrogen-bond donors (Lipinski definition) is 0. The molecule has 10 nitrogen and oxygen atoms in total. The fourth-order valence-electron chi connectivity index (χ4n) is 3.02. The van der Waals surface area contributed by atoms with Crippen molar-refractivity contribution in [1.29, 1.82) is 21.0 Å². The van der Waals surface area contributed by atoms with E-state index in [2.05, 4.69) is 10.3 Å². The minimum atomic E-state index is -4.44. The van der Waals surface area contributed by atoms with Crippen LogP contribution in [0.4, 0.5) is 0 Å². The van der Waals surface area contributed by atoms with Crippen molar-refractivity contribution in [1.82, 2.24) is 9.21 Å². The Labute approximate surface area is 203 Å². The number of para-hydroxylation sites is 3. The number of nitrogens with zero attached hydrogens (tertiary/aromatic N) is 7. The number of benzene rings is 3. The van der Waals surface area contributed by atoms with E-state index in [1.54, 1.807) is 91.0 Å². The molecule has 172 valence electrons. The fraction of sp³-hybridized carbons (Fsp3) is 0. The molecule has 3 aromatic rings. The van der Waals surface area contributed by atoms with Crippen LogP contribution in [0.25, 0.3) is 0 Å². The Balaban J connectivity index is 1.97. The van der Waals surface area contributed by atoms with Crippen molar-refractivity contribution in [2.24, 2.45) is 4.52 Å². The first kappa shape index (κ1) is 24.2. The summed E-state index contributed by atoms with van der Waals surface area (Å²) in [5, 5.41) is 40.9. The van der Waals surface area contributed by atoms with Crippen LogP contribution in [0.15, 0.2) is 95.5 Å². The molecule has 4 rings (SSSR count). The predicted molar refractivity (Wildman–Crippen MR) is 132 cm³/mol. The van der Waals surface area contributed by atoms with Crippen LogP contribution in [0.3, 0.4) is 0 Å². The number of nitriles is 4. The van der Waals surface area contributed by atoms with Gasteiger partial charge in [-0.2, -0.15) is 0 Å². The van der Waals surface area contributed by atoms with Gasteiger partial charge in [0, 0.05) is 0 Å². The zero-order valence-electron chi connectivity index (χ0n) is 17.9. The maximum absolute atomic E-state index is 10.6. The SMILES string of the molecule is N#CP1N=P(C#N)(C#N)N(Oc2ccccc2)[PH](C#N)(Oc2ccccc2)N1Oc1ccccc1. The maximum atomic E-state index is 10.6. The van der Waals surface area contributed by atoms with E-state index in [0.717, 1.165) is 9.21 Å². The van der Waals surface area contributed by atoms with E-state index in [1.165, 1.54) is 0 Å². The number of hydrogen-bond acceptors (Lipinski definition) is 10. The molecule has 0 saturated heterocycles. The Morgan fingerprint density at radius 3 is 1.66 bits per heavy atom. The second kappa shape index (κ2) is 10.5. The molecule has 3 aromatic carbocycles. The Bertz CT molecular complexity index is 1400. The van der Waals surface area contributed by atoms with Gasteiger partial charge >= 0.3 is 204 Å². The molecule has 35 heavy (non-hydrogen) atoms. The average Bonchev–Trinajstić information content (AvgIpc) is 2.92. The first-order chi connectivity index (χ1) is 17.1. The van der Waals surface area contributed by atoms with E-state index in [-0.39, 0.29) is 11.5 Å². The zero-order valence-corrected chi connectivity index (χ0v) is 20.7. The van der Waals surface area contributed by atoms with E-state index in [1.807, 2.05) is 17.4 Å². The van der Waals surface area contributed by atoms with Gasteiger partial charge in [0.1, 0.15) is 0 Å². The first-order valence-corrected chi connectivity index (χ1v) is 14.7. The van der Waals surface area contributed by atoms with Crippen LogP contribution in [0.5, 0.6) is 17.2 Å². The molecule has 0 N–H and O–H groups in total. The molecule has 0 fully saturated rings. The van der Waals surface area contributed by atoms with Crippen molar-refractivity contribution in [2.75, 3.05) is 0 Å². The third-order valence-corrected chi connectivity index (χ3v) is 13.1. The van der Waals surface area contributed by atoms with E-state index < -0.39 is 23.2 Å². The normalized spacial score (nSPS) is 19.3. The Morgan fingerprint density at radius 2 is 1.20 bits per heavy atom. The van der Waals surface area contributed by atoms with Gasteiger partial charge in [0.2, 0.25) is 0 Å². The van der Waals surface area contributed by atoms with E-state index >= 15 is 0 Å². The Morgan fingerprint density at radius 1 is 0.714 bits per heavy atom. The predicted octanol–water partition coefficient (Wildman–Crippen LogP) is 6.52. The van der Waals surface area contributed by atoms with Gasteiger partial charge in [0.05, 0.1) is 0 Å². The summed E-state index contributed by atoms with van der Waals surface area (Å²) in [6.07, 6.45) is 0. The van der Waals surface area contributed by atoms with Crippen molar-refractivity contribution in [2.45, 2.75) is 0 Å². The van der Waals surface area contributed by atoms with Crippen LogP contribution < -0.4 is 14.2 Å². The van der Waals surface area contributed by atoms with Crippen molar-refractivity contribution in [3.05, 3.63) is 91.0 Å². The monoisotopic (exact) mass is 519 g/mol. The van der Waals surface area contributed by atoms with Crippen LogP contribution in [-0.4, -0.2) is 9.21 Å². The first-order valence-electron chi connectivity index (χ1n) is 9.98. The molecule has 1 aliphatic rings. The van der Waals surface area contributed by atoms with Gasteiger partial charge in [0.25, 0.3) is 0 Å². The molecule has 1 heterocycles. The second-order valence-electron chi connectivity index (χ2n) is 6.77. The van der Waals surface area contributed by atoms with Crippen molar-refractivity contribution in [3.8, 4) is 40.5 Å². The summed E-state index contributed by atoms with van der Waals surface area (Å²) in [5.74, 6) is 8.85. The van der Waals surface area contributed by atoms with Gasteiger partial charge in [0.15, 0.2) is 0 Å². The molecule has 0 aromatic heterocycles. The van der Waals surface area contributed by atoms with Gasteiger partial charge in [-0.1, -0.05) is 0 Å². The van der Waals surface area contributed by atoms with Gasteiger partial charge in [-0.25, -0.2) is 0 Å². The molecule has 0 spiro atoms. The molecule has 0 amide bonds. The topological polar surface area (TPSA) is 142 Å². The Hall–Kier alpha value is -3.97. The molecule has 13 heteroatoms.